The highest BCUT2D eigenvalue weighted by Gasteiger charge is 2.19. The quantitative estimate of drug-likeness (QED) is 0.720. The summed E-state index contributed by atoms with van der Waals surface area (Å²) in [7, 11) is 0. The number of ether oxygens (including phenoxy) is 2. The Bertz CT molecular complexity index is 573. The summed E-state index contributed by atoms with van der Waals surface area (Å²) in [6.07, 6.45) is 1.70. The maximum absolute atomic E-state index is 10.5. The molecule has 1 aromatic rings. The number of nitrogens with one attached hydrogen (secondary N) is 1. The van der Waals surface area contributed by atoms with Crippen LogP contribution in [0.2, 0.25) is 0 Å². The van der Waals surface area contributed by atoms with Gasteiger partial charge in [0, 0.05) is 18.6 Å². The van der Waals surface area contributed by atoms with E-state index in [1.54, 1.807) is 0 Å². The maximum atomic E-state index is 10.5. The molecule has 1 atom stereocenters. The van der Waals surface area contributed by atoms with Crippen molar-refractivity contribution in [1.29, 1.82) is 0 Å². The van der Waals surface area contributed by atoms with Crippen LogP contribution < -0.4 is 10.1 Å². The Hall–Kier alpha value is -1.82. The first-order valence-corrected chi connectivity index (χ1v) is 8.90. The van der Waals surface area contributed by atoms with Crippen LogP contribution in [0.1, 0.15) is 32.3 Å². The standard InChI is InChI=1S/C17H23NO4S/c1-3-16-15(18-12(2)22-16)7-8-21-14-6-4-5-13(9-14)10-23-11-17(19)20/h4-6,9,12,18H,3,7-8,10-11H2,1-2H3,(H,19,20). The number of hydrogen-bond donors (Lipinski definition) is 2. The summed E-state index contributed by atoms with van der Waals surface area (Å²) in [6.45, 7) is 4.64. The van der Waals surface area contributed by atoms with Crippen molar-refractivity contribution in [2.45, 2.75) is 38.7 Å². The number of rotatable bonds is 9. The van der Waals surface area contributed by atoms with Crippen LogP contribution in [-0.4, -0.2) is 29.7 Å². The van der Waals surface area contributed by atoms with E-state index in [4.69, 9.17) is 14.6 Å². The van der Waals surface area contributed by atoms with Crippen LogP contribution in [0, 0.1) is 0 Å². The van der Waals surface area contributed by atoms with Crippen LogP contribution in [0.3, 0.4) is 0 Å². The number of aliphatic carboxylic acids is 1. The number of thioether (sulfide) groups is 1. The number of carboxylic acids is 1. The van der Waals surface area contributed by atoms with Gasteiger partial charge in [-0.2, -0.15) is 0 Å². The molecule has 1 aliphatic rings. The smallest absolute Gasteiger partial charge is 0.313 e. The minimum Gasteiger partial charge on any atom is -0.493 e. The van der Waals surface area contributed by atoms with Crippen molar-refractivity contribution in [1.82, 2.24) is 5.32 Å². The summed E-state index contributed by atoms with van der Waals surface area (Å²) in [4.78, 5) is 10.5. The normalized spacial score (nSPS) is 16.9. The van der Waals surface area contributed by atoms with Crippen molar-refractivity contribution in [3.8, 4) is 5.75 Å². The first-order chi connectivity index (χ1) is 11.1. The predicted octanol–water partition coefficient (Wildman–Crippen LogP) is 3.36. The average molecular weight is 337 g/mol. The molecule has 0 saturated carbocycles. The number of benzene rings is 1. The van der Waals surface area contributed by atoms with Gasteiger partial charge in [0.05, 0.1) is 18.1 Å². The highest BCUT2D eigenvalue weighted by molar-refractivity contribution is 7.99. The van der Waals surface area contributed by atoms with Crippen molar-refractivity contribution in [2.24, 2.45) is 0 Å². The van der Waals surface area contributed by atoms with Crippen LogP contribution in [0.4, 0.5) is 0 Å². The molecule has 1 unspecified atom stereocenters. The highest BCUT2D eigenvalue weighted by Crippen LogP contribution is 2.22. The molecular formula is C17H23NO4S. The molecule has 0 aliphatic carbocycles. The Balaban J connectivity index is 1.80. The van der Waals surface area contributed by atoms with Crippen molar-refractivity contribution >= 4 is 17.7 Å². The zero-order chi connectivity index (χ0) is 16.7. The Morgan fingerprint density at radius 3 is 3.04 bits per heavy atom. The molecule has 0 aromatic heterocycles. The molecule has 0 radical (unpaired) electrons. The Labute approximate surface area is 141 Å². The molecule has 23 heavy (non-hydrogen) atoms. The van der Waals surface area contributed by atoms with Gasteiger partial charge in [-0.3, -0.25) is 4.79 Å². The van der Waals surface area contributed by atoms with Gasteiger partial charge in [-0.05, 0) is 24.6 Å². The molecule has 0 saturated heterocycles. The molecular weight excluding hydrogens is 314 g/mol. The van der Waals surface area contributed by atoms with Crippen LogP contribution in [0.5, 0.6) is 5.75 Å². The summed E-state index contributed by atoms with van der Waals surface area (Å²) in [5.74, 6) is 1.82. The summed E-state index contributed by atoms with van der Waals surface area (Å²) in [5, 5.41) is 12.0. The summed E-state index contributed by atoms with van der Waals surface area (Å²) < 4.78 is 11.5. The first-order valence-electron chi connectivity index (χ1n) is 7.75. The largest absolute Gasteiger partial charge is 0.493 e. The van der Waals surface area contributed by atoms with Gasteiger partial charge < -0.3 is 19.9 Å². The second kappa shape index (κ2) is 8.72. The third-order valence-electron chi connectivity index (χ3n) is 3.37. The fourth-order valence-electron chi connectivity index (χ4n) is 2.40. The van der Waals surface area contributed by atoms with Crippen molar-refractivity contribution in [2.75, 3.05) is 12.4 Å². The highest BCUT2D eigenvalue weighted by atomic mass is 32.2. The van der Waals surface area contributed by atoms with Gasteiger partial charge >= 0.3 is 5.97 Å². The molecule has 2 rings (SSSR count). The molecule has 0 bridgehead atoms. The van der Waals surface area contributed by atoms with E-state index in [9.17, 15) is 4.79 Å². The fraction of sp³-hybridized carbons (Fsp3) is 0.471. The van der Waals surface area contributed by atoms with E-state index in [-0.39, 0.29) is 12.0 Å². The minimum absolute atomic E-state index is 0.0366. The third-order valence-corrected chi connectivity index (χ3v) is 4.36. The zero-order valence-electron chi connectivity index (χ0n) is 13.5. The van der Waals surface area contributed by atoms with E-state index in [1.165, 1.54) is 11.8 Å². The molecule has 2 N–H and O–H groups in total. The van der Waals surface area contributed by atoms with Gasteiger partial charge in [-0.25, -0.2) is 0 Å². The molecule has 0 amide bonds. The molecule has 6 heteroatoms. The topological polar surface area (TPSA) is 67.8 Å². The third kappa shape index (κ3) is 5.71. The van der Waals surface area contributed by atoms with E-state index in [0.29, 0.717) is 12.4 Å². The van der Waals surface area contributed by atoms with E-state index in [2.05, 4.69) is 12.2 Å². The van der Waals surface area contributed by atoms with E-state index in [0.717, 1.165) is 35.6 Å². The second-order valence-electron chi connectivity index (χ2n) is 5.29. The molecule has 126 valence electrons. The molecule has 1 aliphatic heterocycles. The van der Waals surface area contributed by atoms with Gasteiger partial charge in [-0.15, -0.1) is 11.8 Å². The summed E-state index contributed by atoms with van der Waals surface area (Å²) >= 11 is 1.38. The zero-order valence-corrected chi connectivity index (χ0v) is 14.3. The minimum atomic E-state index is -0.789. The van der Waals surface area contributed by atoms with E-state index < -0.39 is 5.97 Å². The lowest BCUT2D eigenvalue weighted by Gasteiger charge is -2.09. The van der Waals surface area contributed by atoms with Crippen LogP contribution >= 0.6 is 11.8 Å². The Kier molecular flexibility index (Phi) is 6.65. The summed E-state index contributed by atoms with van der Waals surface area (Å²) in [6, 6.07) is 7.79. The monoisotopic (exact) mass is 337 g/mol. The van der Waals surface area contributed by atoms with Gasteiger partial charge in [0.2, 0.25) is 0 Å². The van der Waals surface area contributed by atoms with Gasteiger partial charge in [0.1, 0.15) is 11.5 Å². The fourth-order valence-corrected chi connectivity index (χ4v) is 3.09. The van der Waals surface area contributed by atoms with Gasteiger partial charge in [0.25, 0.3) is 0 Å². The molecule has 1 heterocycles. The Morgan fingerprint density at radius 1 is 1.48 bits per heavy atom. The Morgan fingerprint density at radius 2 is 2.30 bits per heavy atom. The van der Waals surface area contributed by atoms with Crippen molar-refractivity contribution in [3.63, 3.8) is 0 Å². The lowest BCUT2D eigenvalue weighted by Crippen LogP contribution is -2.20. The predicted molar refractivity (Wildman–Crippen MR) is 91.4 cm³/mol. The van der Waals surface area contributed by atoms with Gasteiger partial charge in [-0.1, -0.05) is 19.1 Å². The van der Waals surface area contributed by atoms with Crippen LogP contribution in [0.15, 0.2) is 35.7 Å². The van der Waals surface area contributed by atoms with Gasteiger partial charge in [0.15, 0.2) is 6.23 Å². The van der Waals surface area contributed by atoms with E-state index in [1.807, 2.05) is 31.2 Å². The maximum Gasteiger partial charge on any atom is 0.313 e. The second-order valence-corrected chi connectivity index (χ2v) is 6.28. The number of carboxylic acid groups (broad SMARTS) is 1. The van der Waals surface area contributed by atoms with Crippen molar-refractivity contribution in [3.05, 3.63) is 41.3 Å². The van der Waals surface area contributed by atoms with E-state index >= 15 is 0 Å². The van der Waals surface area contributed by atoms with Crippen LogP contribution in [0.25, 0.3) is 0 Å². The first kappa shape index (κ1) is 17.5. The van der Waals surface area contributed by atoms with Crippen molar-refractivity contribution < 1.29 is 19.4 Å². The molecule has 1 aromatic carbocycles. The SMILES string of the molecule is CCC1=C(CCOc2cccc(CSCC(=O)O)c2)NC(C)O1. The molecule has 5 nitrogen and oxygen atoms in total. The molecule has 0 spiro atoms. The lowest BCUT2D eigenvalue weighted by molar-refractivity contribution is -0.133. The molecule has 0 fully saturated rings. The average Bonchev–Trinajstić information content (AvgIpc) is 2.87. The lowest BCUT2D eigenvalue weighted by atomic mass is 10.2. The number of carbonyl (C=O) groups is 1. The van der Waals surface area contributed by atoms with Crippen LogP contribution in [-0.2, 0) is 15.3 Å². The summed E-state index contributed by atoms with van der Waals surface area (Å²) in [5.41, 5.74) is 2.19. The number of hydrogen-bond acceptors (Lipinski definition) is 5. The number of allylic oxidation sites excluding steroid dienone is 1.